The number of aryl methyl sites for hydroxylation is 1. The zero-order valence-corrected chi connectivity index (χ0v) is 19.5. The number of hydrogen-bond donors (Lipinski definition) is 1. The summed E-state index contributed by atoms with van der Waals surface area (Å²) in [7, 11) is 1.59. The number of unbranched alkanes of at least 4 members (excludes halogenated alkanes) is 2. The second kappa shape index (κ2) is 14.9. The van der Waals surface area contributed by atoms with Gasteiger partial charge in [-0.15, -0.1) is 0 Å². The van der Waals surface area contributed by atoms with Crippen LogP contribution in [0.15, 0.2) is 73.2 Å². The number of methoxy groups -OCH3 is 1. The number of aliphatic hydroxyl groups is 1. The normalized spacial score (nSPS) is 11.8. The highest BCUT2D eigenvalue weighted by molar-refractivity contribution is 5.87. The van der Waals surface area contributed by atoms with Gasteiger partial charge in [-0.3, -0.25) is 0 Å². The smallest absolute Gasteiger partial charge is 0.335 e. The summed E-state index contributed by atoms with van der Waals surface area (Å²) in [6.45, 7) is 5.74. The van der Waals surface area contributed by atoms with E-state index < -0.39 is 12.6 Å². The Balaban J connectivity index is 1.82. The minimum atomic E-state index is -0.616. The Hall–Kier alpha value is -3.09. The number of rotatable bonds is 15. The molecule has 1 unspecified atom stereocenters. The molecule has 0 bridgehead atoms. The molecule has 1 atom stereocenters. The lowest BCUT2D eigenvalue weighted by Crippen LogP contribution is -2.18. The summed E-state index contributed by atoms with van der Waals surface area (Å²) in [5.41, 5.74) is 2.27. The third-order valence-corrected chi connectivity index (χ3v) is 5.07. The average molecular weight is 455 g/mol. The molecule has 0 radical (unpaired) electrons. The number of hydrogen-bond acceptors (Lipinski definition) is 6. The van der Waals surface area contributed by atoms with Crippen LogP contribution in [0.5, 0.6) is 11.5 Å². The van der Waals surface area contributed by atoms with E-state index in [2.05, 4.69) is 25.6 Å². The van der Waals surface area contributed by atoms with E-state index in [1.54, 1.807) is 7.11 Å². The first-order chi connectivity index (χ1) is 16.1. The van der Waals surface area contributed by atoms with E-state index in [1.807, 2.05) is 36.4 Å². The molecule has 0 saturated heterocycles. The maximum atomic E-state index is 11.7. The Labute approximate surface area is 196 Å². The molecule has 178 valence electrons. The predicted octanol–water partition coefficient (Wildman–Crippen LogP) is 5.17. The molecular formula is C27H34O6. The largest absolute Gasteiger partial charge is 0.462 e. The fraction of sp³-hybridized carbons (Fsp3) is 0.370. The van der Waals surface area contributed by atoms with Gasteiger partial charge in [-0.1, -0.05) is 50.6 Å². The van der Waals surface area contributed by atoms with E-state index in [0.717, 1.165) is 17.7 Å². The van der Waals surface area contributed by atoms with Gasteiger partial charge in [0, 0.05) is 13.0 Å². The minimum Gasteiger partial charge on any atom is -0.462 e. The Kier molecular flexibility index (Phi) is 11.8. The molecule has 6 heteroatoms. The van der Waals surface area contributed by atoms with Crippen LogP contribution in [-0.4, -0.2) is 38.0 Å². The quantitative estimate of drug-likeness (QED) is 0.173. The number of carbonyl (C=O) groups excluding carboxylic acids is 1. The third kappa shape index (κ3) is 9.51. The number of benzene rings is 2. The third-order valence-electron chi connectivity index (χ3n) is 5.07. The maximum Gasteiger partial charge on any atom is 0.335 e. The van der Waals surface area contributed by atoms with Gasteiger partial charge in [0.25, 0.3) is 0 Å². The zero-order chi connectivity index (χ0) is 23.9. The first kappa shape index (κ1) is 26.2. The van der Waals surface area contributed by atoms with Crippen LogP contribution in [0.25, 0.3) is 0 Å². The minimum absolute atomic E-state index is 0.0202. The predicted molar refractivity (Wildman–Crippen MR) is 128 cm³/mol. The fourth-order valence-electron chi connectivity index (χ4n) is 3.13. The van der Waals surface area contributed by atoms with Crippen molar-refractivity contribution in [2.75, 3.05) is 26.9 Å². The molecule has 0 aliphatic carbocycles. The molecule has 0 spiro atoms. The van der Waals surface area contributed by atoms with E-state index >= 15 is 0 Å². The number of esters is 1. The molecule has 0 saturated carbocycles. The second-order valence-corrected chi connectivity index (χ2v) is 7.69. The summed E-state index contributed by atoms with van der Waals surface area (Å²) in [6, 6.07) is 15.5. The van der Waals surface area contributed by atoms with Crippen molar-refractivity contribution in [2.45, 2.75) is 38.5 Å². The Morgan fingerprint density at radius 3 is 2.12 bits per heavy atom. The molecule has 2 rings (SSSR count). The summed E-state index contributed by atoms with van der Waals surface area (Å²) in [6.07, 6.45) is 7.76. The highest BCUT2D eigenvalue weighted by Crippen LogP contribution is 2.21. The lowest BCUT2D eigenvalue weighted by molar-refractivity contribution is -0.140. The zero-order valence-electron chi connectivity index (χ0n) is 19.5. The van der Waals surface area contributed by atoms with Gasteiger partial charge in [-0.25, -0.2) is 4.79 Å². The molecule has 2 aromatic rings. The van der Waals surface area contributed by atoms with Crippen LogP contribution in [0.2, 0.25) is 0 Å². The van der Waals surface area contributed by atoms with Crippen molar-refractivity contribution in [2.24, 2.45) is 0 Å². The van der Waals surface area contributed by atoms with Crippen molar-refractivity contribution >= 4 is 5.97 Å². The van der Waals surface area contributed by atoms with Gasteiger partial charge >= 0.3 is 5.97 Å². The highest BCUT2D eigenvalue weighted by atomic mass is 16.5. The summed E-state index contributed by atoms with van der Waals surface area (Å²) in [5.74, 6) is 0.634. The molecule has 0 aliphatic heterocycles. The number of aliphatic hydroxyl groups excluding tert-OH is 1. The molecule has 0 aliphatic rings. The van der Waals surface area contributed by atoms with Crippen molar-refractivity contribution in [3.05, 3.63) is 84.3 Å². The Morgan fingerprint density at radius 1 is 0.970 bits per heavy atom. The monoisotopic (exact) mass is 454 g/mol. The van der Waals surface area contributed by atoms with E-state index in [4.69, 9.17) is 24.1 Å². The van der Waals surface area contributed by atoms with Crippen LogP contribution in [0.1, 0.15) is 43.2 Å². The van der Waals surface area contributed by atoms with Crippen molar-refractivity contribution in [3.63, 3.8) is 0 Å². The molecule has 6 nitrogen and oxygen atoms in total. The van der Waals surface area contributed by atoms with Gasteiger partial charge in [-0.2, -0.15) is 0 Å². The Bertz CT molecular complexity index is 870. The van der Waals surface area contributed by atoms with Crippen LogP contribution in [-0.2, 0) is 20.7 Å². The molecule has 1 N–H and O–H groups in total. The first-order valence-electron chi connectivity index (χ1n) is 11.2. The van der Waals surface area contributed by atoms with Crippen LogP contribution < -0.4 is 9.47 Å². The van der Waals surface area contributed by atoms with Crippen LogP contribution in [0, 0.1) is 0 Å². The molecule has 0 fully saturated rings. The molecule has 0 amide bonds. The van der Waals surface area contributed by atoms with Crippen molar-refractivity contribution in [1.29, 1.82) is 0 Å². The molecule has 0 heterocycles. The van der Waals surface area contributed by atoms with Crippen molar-refractivity contribution < 1.29 is 28.8 Å². The second-order valence-electron chi connectivity index (χ2n) is 7.69. The fourth-order valence-corrected chi connectivity index (χ4v) is 3.13. The van der Waals surface area contributed by atoms with E-state index in [-0.39, 0.29) is 18.1 Å². The summed E-state index contributed by atoms with van der Waals surface area (Å²) >= 11 is 0. The van der Waals surface area contributed by atoms with Gasteiger partial charge in [0.15, 0.2) is 0 Å². The number of carbonyl (C=O) groups is 1. The van der Waals surface area contributed by atoms with Crippen molar-refractivity contribution in [1.82, 2.24) is 0 Å². The topological polar surface area (TPSA) is 74.2 Å². The van der Waals surface area contributed by atoms with Crippen molar-refractivity contribution in [3.8, 4) is 11.5 Å². The van der Waals surface area contributed by atoms with E-state index in [9.17, 15) is 4.79 Å². The Morgan fingerprint density at radius 2 is 1.58 bits per heavy atom. The van der Waals surface area contributed by atoms with E-state index in [0.29, 0.717) is 12.4 Å². The average Bonchev–Trinajstić information content (AvgIpc) is 2.85. The maximum absolute atomic E-state index is 11.7. The SMILES string of the molecule is C=C(CO)C(=O)OCC(COC)c1ccc(O/C=C\Oc2ccc(CCCCC)cc2)cc1. The molecular weight excluding hydrogens is 420 g/mol. The van der Waals surface area contributed by atoms with Gasteiger partial charge in [0.2, 0.25) is 0 Å². The van der Waals surface area contributed by atoms with Gasteiger partial charge in [0.05, 0.1) is 18.8 Å². The first-order valence-corrected chi connectivity index (χ1v) is 11.2. The van der Waals surface area contributed by atoms with Gasteiger partial charge in [-0.05, 0) is 48.2 Å². The molecule has 33 heavy (non-hydrogen) atoms. The van der Waals surface area contributed by atoms with Crippen LogP contribution >= 0.6 is 0 Å². The van der Waals surface area contributed by atoms with Crippen LogP contribution in [0.4, 0.5) is 0 Å². The lowest BCUT2D eigenvalue weighted by atomic mass is 10.0. The standard InChI is InChI=1S/C27H34O6/c1-4-5-6-7-22-8-12-25(13-9-22)31-16-17-32-26-14-10-23(11-15-26)24(19-30-3)20-33-27(29)21(2)18-28/h8-17,24,28H,2,4-7,18-20H2,1,3H3/b17-16-. The number of ether oxygens (including phenoxy) is 4. The van der Waals surface area contributed by atoms with Gasteiger partial charge < -0.3 is 24.1 Å². The summed E-state index contributed by atoms with van der Waals surface area (Å²) < 4.78 is 21.6. The highest BCUT2D eigenvalue weighted by Gasteiger charge is 2.16. The van der Waals surface area contributed by atoms with E-state index in [1.165, 1.54) is 37.4 Å². The summed E-state index contributed by atoms with van der Waals surface area (Å²) in [5, 5.41) is 8.97. The molecule has 2 aromatic carbocycles. The molecule has 0 aromatic heterocycles. The van der Waals surface area contributed by atoms with Crippen LogP contribution in [0.3, 0.4) is 0 Å². The lowest BCUT2D eigenvalue weighted by Gasteiger charge is -2.17. The van der Waals surface area contributed by atoms with Gasteiger partial charge in [0.1, 0.15) is 30.6 Å². The summed E-state index contributed by atoms with van der Waals surface area (Å²) in [4.78, 5) is 11.7.